The van der Waals surface area contributed by atoms with Crippen LogP contribution in [0.25, 0.3) is 0 Å². The fourth-order valence-electron chi connectivity index (χ4n) is 4.11. The third-order valence-electron chi connectivity index (χ3n) is 5.62. The molecule has 1 aromatic rings. The minimum Gasteiger partial charge on any atom is -0.357 e. The molecule has 1 aliphatic heterocycles. The van der Waals surface area contributed by atoms with Crippen molar-refractivity contribution >= 4 is 35.8 Å². The van der Waals surface area contributed by atoms with E-state index in [4.69, 9.17) is 5.26 Å². The van der Waals surface area contributed by atoms with Crippen LogP contribution >= 0.6 is 24.0 Å². The van der Waals surface area contributed by atoms with Gasteiger partial charge in [-0.2, -0.15) is 5.26 Å². The standard InChI is InChI=1S/C22H31N5O.HI/c1-2-24-22(25-15-18-8-6-7-17(13-18)14-23)26-20-11-12-27(16-20)21(28)19-9-4-3-5-10-19;/h6-8,13,19-20H,2-5,9-12,15-16H2,1H3,(H2,24,25,26);1H. The number of nitriles is 1. The zero-order chi connectivity index (χ0) is 19.8. The zero-order valence-corrected chi connectivity index (χ0v) is 19.5. The summed E-state index contributed by atoms with van der Waals surface area (Å²) < 4.78 is 0. The van der Waals surface area contributed by atoms with Gasteiger partial charge in [0.15, 0.2) is 5.96 Å². The quantitative estimate of drug-likeness (QED) is 0.362. The predicted octanol–water partition coefficient (Wildman–Crippen LogP) is 3.41. The number of benzene rings is 1. The lowest BCUT2D eigenvalue weighted by Crippen LogP contribution is -2.45. The first-order chi connectivity index (χ1) is 13.7. The molecule has 0 aromatic heterocycles. The van der Waals surface area contributed by atoms with Crippen molar-refractivity contribution in [1.82, 2.24) is 15.5 Å². The lowest BCUT2D eigenvalue weighted by Gasteiger charge is -2.26. The van der Waals surface area contributed by atoms with E-state index < -0.39 is 0 Å². The lowest BCUT2D eigenvalue weighted by molar-refractivity contribution is -0.135. The summed E-state index contributed by atoms with van der Waals surface area (Å²) in [5.74, 6) is 1.35. The number of aliphatic imine (C=N–C) groups is 1. The largest absolute Gasteiger partial charge is 0.357 e. The average molecular weight is 509 g/mol. The van der Waals surface area contributed by atoms with Crippen LogP contribution in [0.4, 0.5) is 0 Å². The van der Waals surface area contributed by atoms with Gasteiger partial charge in [-0.3, -0.25) is 4.79 Å². The molecule has 1 aliphatic carbocycles. The second-order valence-corrected chi connectivity index (χ2v) is 7.76. The van der Waals surface area contributed by atoms with E-state index >= 15 is 0 Å². The van der Waals surface area contributed by atoms with Gasteiger partial charge in [-0.05, 0) is 43.9 Å². The Morgan fingerprint density at radius 3 is 2.79 bits per heavy atom. The van der Waals surface area contributed by atoms with Gasteiger partial charge in [-0.25, -0.2) is 4.99 Å². The van der Waals surface area contributed by atoms with Gasteiger partial charge in [0, 0.05) is 31.6 Å². The minimum absolute atomic E-state index is 0. The molecular weight excluding hydrogens is 477 g/mol. The number of guanidine groups is 1. The van der Waals surface area contributed by atoms with Crippen molar-refractivity contribution in [2.45, 2.75) is 58.0 Å². The summed E-state index contributed by atoms with van der Waals surface area (Å²) in [5.41, 5.74) is 1.66. The summed E-state index contributed by atoms with van der Waals surface area (Å²) in [6.45, 7) is 4.92. The Kier molecular flexibility index (Phi) is 9.71. The van der Waals surface area contributed by atoms with E-state index in [1.165, 1.54) is 19.3 Å². The molecule has 2 N–H and O–H groups in total. The fourth-order valence-corrected chi connectivity index (χ4v) is 4.11. The minimum atomic E-state index is 0. The molecule has 2 aliphatic rings. The van der Waals surface area contributed by atoms with Crippen LogP contribution in [0.15, 0.2) is 29.3 Å². The third-order valence-corrected chi connectivity index (χ3v) is 5.62. The highest BCUT2D eigenvalue weighted by Crippen LogP contribution is 2.26. The molecule has 1 unspecified atom stereocenters. The normalized spacial score (nSPS) is 19.9. The fraction of sp³-hybridized carbons (Fsp3) is 0.591. The van der Waals surface area contributed by atoms with Gasteiger partial charge in [0.25, 0.3) is 0 Å². The van der Waals surface area contributed by atoms with Crippen molar-refractivity contribution < 1.29 is 4.79 Å². The number of likely N-dealkylation sites (tertiary alicyclic amines) is 1. The second kappa shape index (κ2) is 12.0. The molecule has 29 heavy (non-hydrogen) atoms. The van der Waals surface area contributed by atoms with E-state index in [1.807, 2.05) is 30.0 Å². The Balaban J connectivity index is 0.00000300. The average Bonchev–Trinajstić information content (AvgIpc) is 3.21. The predicted molar refractivity (Wildman–Crippen MR) is 126 cm³/mol. The SMILES string of the molecule is CCNC(=NCc1cccc(C#N)c1)NC1CCN(C(=O)C2CCCCC2)C1.I. The van der Waals surface area contributed by atoms with E-state index in [9.17, 15) is 4.79 Å². The van der Waals surface area contributed by atoms with Crippen LogP contribution in [-0.2, 0) is 11.3 Å². The maximum atomic E-state index is 12.8. The van der Waals surface area contributed by atoms with Crippen LogP contribution in [0.2, 0.25) is 0 Å². The van der Waals surface area contributed by atoms with Gasteiger partial charge >= 0.3 is 0 Å². The molecular formula is C22H32IN5O. The Labute approximate surface area is 191 Å². The van der Waals surface area contributed by atoms with Crippen LogP contribution < -0.4 is 10.6 Å². The maximum Gasteiger partial charge on any atom is 0.225 e. The molecule has 1 saturated carbocycles. The van der Waals surface area contributed by atoms with E-state index in [2.05, 4.69) is 21.7 Å². The molecule has 1 amide bonds. The highest BCUT2D eigenvalue weighted by atomic mass is 127. The summed E-state index contributed by atoms with van der Waals surface area (Å²) in [5, 5.41) is 15.8. The number of carbonyl (C=O) groups excluding carboxylic acids is 1. The highest BCUT2D eigenvalue weighted by Gasteiger charge is 2.31. The first-order valence-corrected chi connectivity index (χ1v) is 10.5. The number of carbonyl (C=O) groups is 1. The Morgan fingerprint density at radius 2 is 2.07 bits per heavy atom. The van der Waals surface area contributed by atoms with Crippen molar-refractivity contribution in [3.63, 3.8) is 0 Å². The molecule has 3 rings (SSSR count). The zero-order valence-electron chi connectivity index (χ0n) is 17.2. The molecule has 158 valence electrons. The van der Waals surface area contributed by atoms with Crippen LogP contribution in [0, 0.1) is 17.2 Å². The van der Waals surface area contributed by atoms with Crippen LogP contribution in [-0.4, -0.2) is 42.4 Å². The molecule has 0 spiro atoms. The highest BCUT2D eigenvalue weighted by molar-refractivity contribution is 14.0. The molecule has 1 atom stereocenters. The van der Waals surface area contributed by atoms with Crippen molar-refractivity contribution in [3.05, 3.63) is 35.4 Å². The molecule has 2 fully saturated rings. The molecule has 1 aromatic carbocycles. The summed E-state index contributed by atoms with van der Waals surface area (Å²) >= 11 is 0. The van der Waals surface area contributed by atoms with Gasteiger partial charge in [0.1, 0.15) is 0 Å². The Morgan fingerprint density at radius 1 is 1.28 bits per heavy atom. The first-order valence-electron chi connectivity index (χ1n) is 10.5. The van der Waals surface area contributed by atoms with Gasteiger partial charge in [0.2, 0.25) is 5.91 Å². The molecule has 0 bridgehead atoms. The first kappa shape index (κ1) is 23.5. The number of hydrogen-bond acceptors (Lipinski definition) is 3. The molecule has 6 nitrogen and oxygen atoms in total. The molecule has 0 radical (unpaired) electrons. The molecule has 1 heterocycles. The van der Waals surface area contributed by atoms with Gasteiger partial charge < -0.3 is 15.5 Å². The van der Waals surface area contributed by atoms with Crippen molar-refractivity contribution in [2.75, 3.05) is 19.6 Å². The van der Waals surface area contributed by atoms with Crippen LogP contribution in [0.3, 0.4) is 0 Å². The van der Waals surface area contributed by atoms with E-state index in [0.29, 0.717) is 18.0 Å². The Hall–Kier alpha value is -1.82. The number of nitrogens with one attached hydrogen (secondary N) is 2. The summed E-state index contributed by atoms with van der Waals surface area (Å²) in [6, 6.07) is 9.93. The van der Waals surface area contributed by atoms with Gasteiger partial charge in [-0.1, -0.05) is 31.4 Å². The van der Waals surface area contributed by atoms with Crippen molar-refractivity contribution in [3.8, 4) is 6.07 Å². The summed E-state index contributed by atoms with van der Waals surface area (Å²) in [4.78, 5) is 19.5. The monoisotopic (exact) mass is 509 g/mol. The smallest absolute Gasteiger partial charge is 0.225 e. The second-order valence-electron chi connectivity index (χ2n) is 7.76. The van der Waals surface area contributed by atoms with Crippen molar-refractivity contribution in [2.24, 2.45) is 10.9 Å². The molecule has 1 saturated heterocycles. The molecule has 7 heteroatoms. The number of amides is 1. The van der Waals surface area contributed by atoms with E-state index in [0.717, 1.165) is 50.4 Å². The number of halogens is 1. The van der Waals surface area contributed by atoms with Crippen molar-refractivity contribution in [1.29, 1.82) is 5.26 Å². The van der Waals surface area contributed by atoms with Crippen LogP contribution in [0.5, 0.6) is 0 Å². The number of rotatable bonds is 5. The maximum absolute atomic E-state index is 12.8. The summed E-state index contributed by atoms with van der Waals surface area (Å²) in [6.07, 6.45) is 6.71. The number of hydrogen-bond donors (Lipinski definition) is 2. The van der Waals surface area contributed by atoms with Gasteiger partial charge in [0.05, 0.1) is 18.2 Å². The van der Waals surface area contributed by atoms with E-state index in [-0.39, 0.29) is 35.9 Å². The Bertz CT molecular complexity index is 739. The number of nitrogens with zero attached hydrogens (tertiary/aromatic N) is 3. The van der Waals surface area contributed by atoms with Crippen LogP contribution in [0.1, 0.15) is 56.6 Å². The lowest BCUT2D eigenvalue weighted by atomic mass is 9.88. The van der Waals surface area contributed by atoms with Gasteiger partial charge in [-0.15, -0.1) is 24.0 Å². The topological polar surface area (TPSA) is 80.5 Å². The third kappa shape index (κ3) is 6.88. The summed E-state index contributed by atoms with van der Waals surface area (Å²) in [7, 11) is 0. The van der Waals surface area contributed by atoms with E-state index in [1.54, 1.807) is 6.07 Å².